The summed E-state index contributed by atoms with van der Waals surface area (Å²) >= 11 is 0. The SMILES string of the molecule is CCOC(=O)[C@H]1CCC2CN1C(=O)N2OCc1ccccc1. The van der Waals surface area contributed by atoms with Gasteiger partial charge in [-0.05, 0) is 25.3 Å². The van der Waals surface area contributed by atoms with Crippen LogP contribution in [0.4, 0.5) is 4.79 Å². The molecule has 6 heteroatoms. The fraction of sp³-hybridized carbons (Fsp3) is 0.500. The molecule has 0 spiro atoms. The lowest BCUT2D eigenvalue weighted by molar-refractivity contribution is -0.149. The summed E-state index contributed by atoms with van der Waals surface area (Å²) in [6.07, 6.45) is 1.38. The molecule has 2 fully saturated rings. The first kappa shape index (κ1) is 14.8. The van der Waals surface area contributed by atoms with Gasteiger partial charge in [-0.1, -0.05) is 30.3 Å². The van der Waals surface area contributed by atoms with Crippen molar-refractivity contribution in [2.75, 3.05) is 13.2 Å². The fourth-order valence-corrected chi connectivity index (χ4v) is 3.00. The fourth-order valence-electron chi connectivity index (χ4n) is 3.00. The number of hydrogen-bond donors (Lipinski definition) is 0. The Morgan fingerprint density at radius 3 is 2.77 bits per heavy atom. The van der Waals surface area contributed by atoms with E-state index in [4.69, 9.17) is 9.57 Å². The molecule has 2 aliphatic rings. The second-order valence-corrected chi connectivity index (χ2v) is 5.52. The van der Waals surface area contributed by atoms with Crippen molar-refractivity contribution in [3.8, 4) is 0 Å². The molecule has 2 saturated heterocycles. The first-order chi connectivity index (χ1) is 10.7. The number of benzene rings is 1. The monoisotopic (exact) mass is 304 g/mol. The lowest BCUT2D eigenvalue weighted by Gasteiger charge is -2.28. The zero-order valence-corrected chi connectivity index (χ0v) is 12.6. The van der Waals surface area contributed by atoms with Crippen LogP contribution in [0, 0.1) is 0 Å². The number of rotatable bonds is 5. The third-order valence-electron chi connectivity index (χ3n) is 4.09. The van der Waals surface area contributed by atoms with Crippen molar-refractivity contribution in [3.05, 3.63) is 35.9 Å². The van der Waals surface area contributed by atoms with Crippen molar-refractivity contribution in [2.24, 2.45) is 0 Å². The molecule has 0 saturated carbocycles. The number of urea groups is 1. The molecule has 0 radical (unpaired) electrons. The number of carbonyl (C=O) groups excluding carboxylic acids is 2. The molecule has 0 aliphatic carbocycles. The quantitative estimate of drug-likeness (QED) is 0.780. The first-order valence-electron chi connectivity index (χ1n) is 7.64. The molecule has 2 bridgehead atoms. The Balaban J connectivity index is 1.64. The molecule has 3 rings (SSSR count). The lowest BCUT2D eigenvalue weighted by atomic mass is 10.0. The summed E-state index contributed by atoms with van der Waals surface area (Å²) in [5, 5.41) is 1.42. The van der Waals surface area contributed by atoms with Gasteiger partial charge in [0.2, 0.25) is 0 Å². The number of nitrogens with zero attached hydrogens (tertiary/aromatic N) is 2. The van der Waals surface area contributed by atoms with Crippen molar-refractivity contribution in [3.63, 3.8) is 0 Å². The molecule has 118 valence electrons. The molecule has 0 N–H and O–H groups in total. The number of ether oxygens (including phenoxy) is 1. The van der Waals surface area contributed by atoms with Gasteiger partial charge in [-0.3, -0.25) is 4.84 Å². The van der Waals surface area contributed by atoms with E-state index in [1.165, 1.54) is 5.06 Å². The van der Waals surface area contributed by atoms with Crippen LogP contribution < -0.4 is 0 Å². The molecule has 0 aromatic heterocycles. The number of hydroxylamine groups is 2. The highest BCUT2D eigenvalue weighted by atomic mass is 16.7. The van der Waals surface area contributed by atoms with Gasteiger partial charge in [0.15, 0.2) is 0 Å². The van der Waals surface area contributed by atoms with Crippen molar-refractivity contribution >= 4 is 12.0 Å². The van der Waals surface area contributed by atoms with Crippen LogP contribution in [-0.4, -0.2) is 47.2 Å². The van der Waals surface area contributed by atoms with Crippen molar-refractivity contribution < 1.29 is 19.2 Å². The Bertz CT molecular complexity index is 548. The van der Waals surface area contributed by atoms with Gasteiger partial charge in [-0.25, -0.2) is 9.59 Å². The Morgan fingerprint density at radius 2 is 2.05 bits per heavy atom. The largest absolute Gasteiger partial charge is 0.464 e. The second kappa shape index (κ2) is 6.36. The van der Waals surface area contributed by atoms with Crippen LogP contribution in [0.2, 0.25) is 0 Å². The van der Waals surface area contributed by atoms with E-state index in [0.717, 1.165) is 12.0 Å². The average Bonchev–Trinajstić information content (AvgIpc) is 2.78. The van der Waals surface area contributed by atoms with E-state index in [0.29, 0.717) is 26.2 Å². The summed E-state index contributed by atoms with van der Waals surface area (Å²) in [6, 6.07) is 9.01. The van der Waals surface area contributed by atoms with Crippen LogP contribution in [0.1, 0.15) is 25.3 Å². The topological polar surface area (TPSA) is 59.1 Å². The van der Waals surface area contributed by atoms with E-state index in [-0.39, 0.29) is 18.0 Å². The average molecular weight is 304 g/mol. The molecular formula is C16H20N2O4. The number of fused-ring (bicyclic) bond motifs is 2. The Morgan fingerprint density at radius 1 is 1.27 bits per heavy atom. The maximum atomic E-state index is 12.4. The molecule has 2 heterocycles. The zero-order valence-electron chi connectivity index (χ0n) is 12.6. The molecule has 2 aliphatic heterocycles. The number of amides is 2. The maximum absolute atomic E-state index is 12.4. The van der Waals surface area contributed by atoms with E-state index in [1.807, 2.05) is 30.3 Å². The lowest BCUT2D eigenvalue weighted by Crippen LogP contribution is -2.45. The van der Waals surface area contributed by atoms with Crippen molar-refractivity contribution in [1.82, 2.24) is 9.96 Å². The van der Waals surface area contributed by atoms with Gasteiger partial charge in [-0.2, -0.15) is 5.06 Å². The van der Waals surface area contributed by atoms with Crippen LogP contribution in [-0.2, 0) is 21.0 Å². The molecule has 6 nitrogen and oxygen atoms in total. The minimum atomic E-state index is -0.478. The Labute approximate surface area is 129 Å². The van der Waals surface area contributed by atoms with Gasteiger partial charge in [0, 0.05) is 6.54 Å². The molecule has 22 heavy (non-hydrogen) atoms. The number of carbonyl (C=O) groups is 2. The summed E-state index contributed by atoms with van der Waals surface area (Å²) in [5.41, 5.74) is 1.01. The highest BCUT2D eigenvalue weighted by Crippen LogP contribution is 2.30. The van der Waals surface area contributed by atoms with Crippen LogP contribution in [0.15, 0.2) is 30.3 Å². The van der Waals surface area contributed by atoms with Gasteiger partial charge in [-0.15, -0.1) is 0 Å². The van der Waals surface area contributed by atoms with Crippen molar-refractivity contribution in [2.45, 2.75) is 38.5 Å². The smallest absolute Gasteiger partial charge is 0.345 e. The summed E-state index contributed by atoms with van der Waals surface area (Å²) < 4.78 is 5.05. The van der Waals surface area contributed by atoms with Crippen LogP contribution in [0.5, 0.6) is 0 Å². The van der Waals surface area contributed by atoms with Gasteiger partial charge >= 0.3 is 12.0 Å². The third kappa shape index (κ3) is 2.78. The van der Waals surface area contributed by atoms with Gasteiger partial charge in [0.1, 0.15) is 12.6 Å². The van der Waals surface area contributed by atoms with Gasteiger partial charge in [0.05, 0.1) is 12.6 Å². The summed E-state index contributed by atoms with van der Waals surface area (Å²) in [4.78, 5) is 31.6. The summed E-state index contributed by atoms with van der Waals surface area (Å²) in [7, 11) is 0. The molecule has 1 aromatic rings. The van der Waals surface area contributed by atoms with Crippen molar-refractivity contribution in [1.29, 1.82) is 0 Å². The van der Waals surface area contributed by atoms with E-state index in [9.17, 15) is 9.59 Å². The normalized spacial score (nSPS) is 23.8. The van der Waals surface area contributed by atoms with Gasteiger partial charge < -0.3 is 9.64 Å². The molecule has 2 amide bonds. The minimum absolute atomic E-state index is 0.0156. The Hall–Kier alpha value is -2.08. The number of esters is 1. The minimum Gasteiger partial charge on any atom is -0.464 e. The van der Waals surface area contributed by atoms with E-state index in [2.05, 4.69) is 0 Å². The highest BCUT2D eigenvalue weighted by molar-refractivity contribution is 5.85. The predicted molar refractivity (Wildman–Crippen MR) is 78.6 cm³/mol. The highest BCUT2D eigenvalue weighted by Gasteiger charge is 2.48. The Kier molecular flexibility index (Phi) is 4.29. The second-order valence-electron chi connectivity index (χ2n) is 5.52. The standard InChI is InChI=1S/C16H20N2O4/c1-2-21-15(19)14-9-8-13-10-17(14)16(20)18(13)22-11-12-6-4-3-5-7-12/h3-7,13-14H,2,8-11H2,1H3/t13?,14-/m1/s1. The van der Waals surface area contributed by atoms with Crippen LogP contribution >= 0.6 is 0 Å². The third-order valence-corrected chi connectivity index (χ3v) is 4.09. The number of hydrogen-bond acceptors (Lipinski definition) is 4. The van der Waals surface area contributed by atoms with E-state index >= 15 is 0 Å². The van der Waals surface area contributed by atoms with Gasteiger partial charge in [0.25, 0.3) is 0 Å². The zero-order chi connectivity index (χ0) is 15.5. The first-order valence-corrected chi connectivity index (χ1v) is 7.64. The molecular weight excluding hydrogens is 284 g/mol. The molecule has 2 atom stereocenters. The van der Waals surface area contributed by atoms with E-state index in [1.54, 1.807) is 11.8 Å². The summed E-state index contributed by atoms with van der Waals surface area (Å²) in [5.74, 6) is -0.320. The number of piperidine rings is 1. The molecule has 1 unspecified atom stereocenters. The maximum Gasteiger partial charge on any atom is 0.345 e. The van der Waals surface area contributed by atoms with E-state index < -0.39 is 6.04 Å². The predicted octanol–water partition coefficient (Wildman–Crippen LogP) is 1.95. The molecule has 1 aromatic carbocycles. The summed E-state index contributed by atoms with van der Waals surface area (Å²) in [6.45, 7) is 2.97. The van der Waals surface area contributed by atoms with Crippen LogP contribution in [0.3, 0.4) is 0 Å². The van der Waals surface area contributed by atoms with Crippen LogP contribution in [0.25, 0.3) is 0 Å².